The summed E-state index contributed by atoms with van der Waals surface area (Å²) in [7, 11) is 0. The first-order valence-corrected chi connectivity index (χ1v) is 8.99. The van der Waals surface area contributed by atoms with Crippen LogP contribution < -0.4 is 10.1 Å². The van der Waals surface area contributed by atoms with Crippen LogP contribution in [0.1, 0.15) is 18.7 Å². The molecule has 0 atom stereocenters. The minimum absolute atomic E-state index is 0.0629. The number of hydrogen-bond acceptors (Lipinski definition) is 5. The maximum Gasteiger partial charge on any atom is 0.220 e. The summed E-state index contributed by atoms with van der Waals surface area (Å²) in [6, 6.07) is 17.2. The number of aromatic nitrogens is 4. The summed E-state index contributed by atoms with van der Waals surface area (Å²) in [5.41, 5.74) is 0.832. The number of carbonyl (C=O) groups excluding carboxylic acids is 1. The molecule has 1 heterocycles. The van der Waals surface area contributed by atoms with Gasteiger partial charge in [-0.2, -0.15) is 4.68 Å². The van der Waals surface area contributed by atoms with Crippen molar-refractivity contribution in [3.63, 3.8) is 0 Å². The average molecular weight is 416 g/mol. The first kappa shape index (κ1) is 18.1. The lowest BCUT2D eigenvalue weighted by Gasteiger charge is -2.07. The van der Waals surface area contributed by atoms with Crippen LogP contribution in [0.5, 0.6) is 5.75 Å². The largest absolute Gasteiger partial charge is 0.494 e. The Balaban J connectivity index is 1.43. The third-order valence-corrected chi connectivity index (χ3v) is 4.14. The Morgan fingerprint density at radius 1 is 1.12 bits per heavy atom. The van der Waals surface area contributed by atoms with Gasteiger partial charge < -0.3 is 10.1 Å². The number of tetrazole rings is 1. The molecule has 0 saturated heterocycles. The minimum Gasteiger partial charge on any atom is -0.494 e. The molecule has 0 spiro atoms. The summed E-state index contributed by atoms with van der Waals surface area (Å²) in [4.78, 5) is 12.0. The molecular formula is C18H18BrN5O2. The number of ether oxygens (including phenoxy) is 1. The van der Waals surface area contributed by atoms with E-state index in [1.54, 1.807) is 4.68 Å². The average Bonchev–Trinajstić information content (AvgIpc) is 3.14. The summed E-state index contributed by atoms with van der Waals surface area (Å²) in [6.45, 7) is 0.759. The number of para-hydroxylation sites is 1. The molecule has 3 aromatic rings. The lowest BCUT2D eigenvalue weighted by Crippen LogP contribution is -2.25. The van der Waals surface area contributed by atoms with Gasteiger partial charge in [-0.1, -0.05) is 34.1 Å². The van der Waals surface area contributed by atoms with E-state index in [0.29, 0.717) is 25.3 Å². The standard InChI is InChI=1S/C18H18BrN5O2/c19-14-8-10-15(11-9-14)24-17(21-22-23-24)13-20-18(25)7-4-12-26-16-5-2-1-3-6-16/h1-3,5-6,8-11H,4,7,12-13H2,(H,20,25). The van der Waals surface area contributed by atoms with Crippen LogP contribution in [-0.2, 0) is 11.3 Å². The molecule has 1 N–H and O–H groups in total. The summed E-state index contributed by atoms with van der Waals surface area (Å²) in [6.07, 6.45) is 1.02. The van der Waals surface area contributed by atoms with Gasteiger partial charge in [0.2, 0.25) is 5.91 Å². The maximum absolute atomic E-state index is 12.0. The summed E-state index contributed by atoms with van der Waals surface area (Å²) in [5, 5.41) is 14.5. The Morgan fingerprint density at radius 3 is 2.65 bits per heavy atom. The topological polar surface area (TPSA) is 81.9 Å². The summed E-state index contributed by atoms with van der Waals surface area (Å²) < 4.78 is 8.15. The van der Waals surface area contributed by atoms with Crippen molar-refractivity contribution in [1.82, 2.24) is 25.5 Å². The van der Waals surface area contributed by atoms with Gasteiger partial charge in [0.05, 0.1) is 18.8 Å². The van der Waals surface area contributed by atoms with E-state index < -0.39 is 0 Å². The molecular weight excluding hydrogens is 398 g/mol. The van der Waals surface area contributed by atoms with Gasteiger partial charge in [0, 0.05) is 10.9 Å². The zero-order valence-corrected chi connectivity index (χ0v) is 15.6. The van der Waals surface area contributed by atoms with Crippen molar-refractivity contribution in [3.8, 4) is 11.4 Å². The Labute approximate surface area is 159 Å². The molecule has 0 aliphatic rings. The first-order valence-electron chi connectivity index (χ1n) is 8.20. The van der Waals surface area contributed by atoms with Gasteiger partial charge in [-0.25, -0.2) is 0 Å². The van der Waals surface area contributed by atoms with Crippen LogP contribution in [0.4, 0.5) is 0 Å². The lowest BCUT2D eigenvalue weighted by atomic mass is 10.3. The molecule has 8 heteroatoms. The van der Waals surface area contributed by atoms with Crippen molar-refractivity contribution < 1.29 is 9.53 Å². The maximum atomic E-state index is 12.0. The molecule has 134 valence electrons. The van der Waals surface area contributed by atoms with Crippen molar-refractivity contribution in [2.75, 3.05) is 6.61 Å². The Kier molecular flexibility index (Phi) is 6.32. The number of amides is 1. The fourth-order valence-electron chi connectivity index (χ4n) is 2.30. The highest BCUT2D eigenvalue weighted by atomic mass is 79.9. The quantitative estimate of drug-likeness (QED) is 0.571. The van der Waals surface area contributed by atoms with Gasteiger partial charge in [0.25, 0.3) is 0 Å². The van der Waals surface area contributed by atoms with Crippen LogP contribution in [-0.4, -0.2) is 32.7 Å². The number of benzene rings is 2. The van der Waals surface area contributed by atoms with Crippen molar-refractivity contribution in [2.24, 2.45) is 0 Å². The fraction of sp³-hybridized carbons (Fsp3) is 0.222. The molecule has 1 amide bonds. The Hall–Kier alpha value is -2.74. The molecule has 1 aromatic heterocycles. The van der Waals surface area contributed by atoms with Crippen LogP contribution in [0.2, 0.25) is 0 Å². The lowest BCUT2D eigenvalue weighted by molar-refractivity contribution is -0.121. The van der Waals surface area contributed by atoms with Gasteiger partial charge in [0.1, 0.15) is 5.75 Å². The SMILES string of the molecule is O=C(CCCOc1ccccc1)NCc1nnnn1-c1ccc(Br)cc1. The van der Waals surface area contributed by atoms with Crippen molar-refractivity contribution in [2.45, 2.75) is 19.4 Å². The minimum atomic E-state index is -0.0629. The van der Waals surface area contributed by atoms with E-state index in [9.17, 15) is 4.79 Å². The van der Waals surface area contributed by atoms with Crippen LogP contribution in [0.3, 0.4) is 0 Å². The molecule has 0 aliphatic carbocycles. The van der Waals surface area contributed by atoms with Gasteiger partial charge >= 0.3 is 0 Å². The highest BCUT2D eigenvalue weighted by molar-refractivity contribution is 9.10. The van der Waals surface area contributed by atoms with Gasteiger partial charge in [0.15, 0.2) is 5.82 Å². The molecule has 0 fully saturated rings. The van der Waals surface area contributed by atoms with E-state index in [0.717, 1.165) is 15.9 Å². The number of nitrogens with zero attached hydrogens (tertiary/aromatic N) is 4. The molecule has 26 heavy (non-hydrogen) atoms. The molecule has 0 aliphatic heterocycles. The summed E-state index contributed by atoms with van der Waals surface area (Å²) >= 11 is 3.39. The van der Waals surface area contributed by atoms with E-state index in [2.05, 4.69) is 36.8 Å². The third-order valence-electron chi connectivity index (χ3n) is 3.61. The molecule has 7 nitrogen and oxygen atoms in total. The van der Waals surface area contributed by atoms with Crippen molar-refractivity contribution in [1.29, 1.82) is 0 Å². The second-order valence-corrected chi connectivity index (χ2v) is 6.44. The number of hydrogen-bond donors (Lipinski definition) is 1. The van der Waals surface area contributed by atoms with Crippen molar-refractivity contribution in [3.05, 3.63) is 64.9 Å². The molecule has 0 bridgehead atoms. The van der Waals surface area contributed by atoms with Crippen LogP contribution in [0.15, 0.2) is 59.1 Å². The van der Waals surface area contributed by atoms with Gasteiger partial charge in [-0.3, -0.25) is 4.79 Å². The van der Waals surface area contributed by atoms with Gasteiger partial charge in [-0.05, 0) is 53.2 Å². The van der Waals surface area contributed by atoms with Gasteiger partial charge in [-0.15, -0.1) is 5.10 Å². The number of halogens is 1. The first-order chi connectivity index (χ1) is 12.7. The predicted octanol–water partition coefficient (Wildman–Crippen LogP) is 2.90. The Bertz CT molecular complexity index is 836. The van der Waals surface area contributed by atoms with Crippen LogP contribution >= 0.6 is 15.9 Å². The molecule has 3 rings (SSSR count). The number of carbonyl (C=O) groups is 1. The van der Waals surface area contributed by atoms with Crippen molar-refractivity contribution >= 4 is 21.8 Å². The second kappa shape index (κ2) is 9.10. The zero-order valence-electron chi connectivity index (χ0n) is 14.0. The zero-order chi connectivity index (χ0) is 18.2. The van der Waals surface area contributed by atoms with E-state index in [-0.39, 0.29) is 12.5 Å². The molecule has 0 saturated carbocycles. The molecule has 0 radical (unpaired) electrons. The highest BCUT2D eigenvalue weighted by Gasteiger charge is 2.10. The van der Waals surface area contributed by atoms with E-state index in [1.807, 2.05) is 54.6 Å². The molecule has 0 unspecified atom stereocenters. The predicted molar refractivity (Wildman–Crippen MR) is 99.9 cm³/mol. The normalized spacial score (nSPS) is 10.5. The number of rotatable bonds is 8. The van der Waals surface area contributed by atoms with E-state index in [1.165, 1.54) is 0 Å². The fourth-order valence-corrected chi connectivity index (χ4v) is 2.57. The van der Waals surface area contributed by atoms with E-state index >= 15 is 0 Å². The van der Waals surface area contributed by atoms with Crippen LogP contribution in [0.25, 0.3) is 5.69 Å². The third kappa shape index (κ3) is 5.13. The Morgan fingerprint density at radius 2 is 1.88 bits per heavy atom. The molecule has 2 aromatic carbocycles. The number of nitrogens with one attached hydrogen (secondary N) is 1. The summed E-state index contributed by atoms with van der Waals surface area (Å²) in [5.74, 6) is 1.31. The van der Waals surface area contributed by atoms with E-state index in [4.69, 9.17) is 4.74 Å². The monoisotopic (exact) mass is 415 g/mol. The smallest absolute Gasteiger partial charge is 0.220 e. The van der Waals surface area contributed by atoms with Crippen LogP contribution in [0, 0.1) is 0 Å². The highest BCUT2D eigenvalue weighted by Crippen LogP contribution is 2.14. The second-order valence-electron chi connectivity index (χ2n) is 5.53.